The van der Waals surface area contributed by atoms with Gasteiger partial charge < -0.3 is 14.0 Å². The maximum atomic E-state index is 13.1. The second-order valence-corrected chi connectivity index (χ2v) is 9.95. The van der Waals surface area contributed by atoms with Crippen LogP contribution in [-0.4, -0.2) is 36.5 Å². The summed E-state index contributed by atoms with van der Waals surface area (Å²) in [6.45, 7) is 4.40. The summed E-state index contributed by atoms with van der Waals surface area (Å²) in [5.41, 5.74) is 1.71. The molecule has 3 aromatic rings. The van der Waals surface area contributed by atoms with Gasteiger partial charge in [-0.05, 0) is 68.3 Å². The van der Waals surface area contributed by atoms with Crippen molar-refractivity contribution >= 4 is 10.0 Å². The van der Waals surface area contributed by atoms with Crippen LogP contribution in [0, 0.1) is 13.8 Å². The first-order valence-electron chi connectivity index (χ1n) is 10.4. The normalized spacial score (nSPS) is 16.8. The molecule has 1 saturated heterocycles. The number of nitrogens with zero attached hydrogens (tertiary/aromatic N) is 2. The number of benzene rings is 2. The second kappa shape index (κ2) is 8.80. The zero-order chi connectivity index (χ0) is 22.9. The van der Waals surface area contributed by atoms with Crippen molar-refractivity contribution in [1.82, 2.24) is 8.87 Å². The highest BCUT2D eigenvalue weighted by Gasteiger charge is 2.33. The minimum Gasteiger partial charge on any atom is -0.489 e. The lowest BCUT2D eigenvalue weighted by atomic mass is 10.2. The number of aryl methyl sites for hydroxylation is 2. The molecule has 1 aliphatic rings. The molecule has 1 unspecified atom stereocenters. The lowest BCUT2D eigenvalue weighted by Crippen LogP contribution is -2.31. The maximum Gasteiger partial charge on any atom is 0.254 e. The maximum absolute atomic E-state index is 13.1. The van der Waals surface area contributed by atoms with Gasteiger partial charge in [-0.25, -0.2) is 8.42 Å². The van der Waals surface area contributed by atoms with Crippen LogP contribution in [0.1, 0.15) is 17.7 Å². The molecule has 0 N–H and O–H groups in total. The third-order valence-electron chi connectivity index (χ3n) is 5.57. The molecule has 1 atom stereocenters. The molecular formula is C24H26N2O5S. The Morgan fingerprint density at radius 2 is 1.69 bits per heavy atom. The van der Waals surface area contributed by atoms with Crippen LogP contribution in [-0.2, 0) is 17.1 Å². The SMILES string of the molecule is Cc1cccc(Oc2ccc(S(=O)(=O)N3CCC(Oc4cc(C)n(C)c(=O)c4)C3)cc2)c1. The number of rotatable bonds is 6. The quantitative estimate of drug-likeness (QED) is 0.568. The summed E-state index contributed by atoms with van der Waals surface area (Å²) in [5, 5.41) is 0. The van der Waals surface area contributed by atoms with Crippen molar-refractivity contribution < 1.29 is 17.9 Å². The lowest BCUT2D eigenvalue weighted by molar-refractivity contribution is 0.214. The van der Waals surface area contributed by atoms with Gasteiger partial charge in [0.15, 0.2) is 0 Å². The molecule has 0 bridgehead atoms. The molecule has 8 heteroatoms. The predicted molar refractivity (Wildman–Crippen MR) is 122 cm³/mol. The topological polar surface area (TPSA) is 77.8 Å². The first kappa shape index (κ1) is 22.1. The van der Waals surface area contributed by atoms with Crippen molar-refractivity contribution in [2.24, 2.45) is 7.05 Å². The molecule has 0 saturated carbocycles. The average Bonchev–Trinajstić information content (AvgIpc) is 3.22. The van der Waals surface area contributed by atoms with Gasteiger partial charge in [0, 0.05) is 25.4 Å². The number of pyridine rings is 1. The van der Waals surface area contributed by atoms with E-state index in [0.717, 1.165) is 11.3 Å². The van der Waals surface area contributed by atoms with Crippen molar-refractivity contribution in [1.29, 1.82) is 0 Å². The van der Waals surface area contributed by atoms with E-state index in [1.165, 1.54) is 14.9 Å². The van der Waals surface area contributed by atoms with Crippen LogP contribution in [0.4, 0.5) is 0 Å². The summed E-state index contributed by atoms with van der Waals surface area (Å²) >= 11 is 0. The molecule has 0 radical (unpaired) electrons. The number of hydrogen-bond acceptors (Lipinski definition) is 5. The Morgan fingerprint density at radius 1 is 0.938 bits per heavy atom. The second-order valence-electron chi connectivity index (χ2n) is 8.01. The molecule has 2 heterocycles. The van der Waals surface area contributed by atoms with Gasteiger partial charge in [-0.15, -0.1) is 0 Å². The molecule has 0 aliphatic carbocycles. The largest absolute Gasteiger partial charge is 0.489 e. The Morgan fingerprint density at radius 3 is 2.38 bits per heavy atom. The number of ether oxygens (including phenoxy) is 2. The molecule has 32 heavy (non-hydrogen) atoms. The summed E-state index contributed by atoms with van der Waals surface area (Å²) in [6, 6.07) is 17.3. The monoisotopic (exact) mass is 454 g/mol. The predicted octanol–water partition coefficient (Wildman–Crippen LogP) is 3.64. The van der Waals surface area contributed by atoms with Crippen LogP contribution in [0.15, 0.2) is 70.4 Å². The van der Waals surface area contributed by atoms with Crippen LogP contribution in [0.5, 0.6) is 17.2 Å². The Kier molecular flexibility index (Phi) is 6.08. The summed E-state index contributed by atoms with van der Waals surface area (Å²) in [6.07, 6.45) is 0.252. The Labute approximate surface area is 187 Å². The molecule has 4 rings (SSSR count). The fourth-order valence-electron chi connectivity index (χ4n) is 3.65. The molecule has 1 aromatic heterocycles. The average molecular weight is 455 g/mol. The van der Waals surface area contributed by atoms with E-state index >= 15 is 0 Å². The van der Waals surface area contributed by atoms with Crippen molar-refractivity contribution in [3.8, 4) is 17.2 Å². The number of aromatic nitrogens is 1. The Bertz CT molecular complexity index is 1280. The highest BCUT2D eigenvalue weighted by molar-refractivity contribution is 7.89. The van der Waals surface area contributed by atoms with Gasteiger partial charge in [0.05, 0.1) is 11.4 Å². The zero-order valence-corrected chi connectivity index (χ0v) is 19.1. The van der Waals surface area contributed by atoms with E-state index in [1.54, 1.807) is 37.4 Å². The molecule has 0 spiro atoms. The van der Waals surface area contributed by atoms with Crippen LogP contribution in [0.2, 0.25) is 0 Å². The minimum absolute atomic E-state index is 0.157. The van der Waals surface area contributed by atoms with Gasteiger partial charge in [-0.1, -0.05) is 12.1 Å². The smallest absolute Gasteiger partial charge is 0.254 e. The Balaban J connectivity index is 1.43. The van der Waals surface area contributed by atoms with E-state index in [4.69, 9.17) is 9.47 Å². The fourth-order valence-corrected chi connectivity index (χ4v) is 5.14. The highest BCUT2D eigenvalue weighted by atomic mass is 32.2. The summed E-state index contributed by atoms with van der Waals surface area (Å²) in [4.78, 5) is 12.2. The van der Waals surface area contributed by atoms with E-state index in [-0.39, 0.29) is 23.1 Å². The van der Waals surface area contributed by atoms with Gasteiger partial charge in [0.25, 0.3) is 5.56 Å². The third kappa shape index (κ3) is 4.71. The van der Waals surface area contributed by atoms with E-state index in [0.29, 0.717) is 30.2 Å². The molecule has 7 nitrogen and oxygen atoms in total. The summed E-state index contributed by atoms with van der Waals surface area (Å²) in [7, 11) is -1.95. The highest BCUT2D eigenvalue weighted by Crippen LogP contribution is 2.27. The van der Waals surface area contributed by atoms with E-state index in [1.807, 2.05) is 38.1 Å². The van der Waals surface area contributed by atoms with E-state index < -0.39 is 10.0 Å². The number of sulfonamides is 1. The minimum atomic E-state index is -3.65. The standard InChI is InChI=1S/C24H26N2O5S/c1-17-5-4-6-20(13-17)30-19-7-9-23(10-8-19)32(28,29)26-12-11-21(16-26)31-22-14-18(2)25(3)24(27)15-22/h4-10,13-15,21H,11-12,16H2,1-3H3. The molecule has 168 valence electrons. The lowest BCUT2D eigenvalue weighted by Gasteiger charge is -2.18. The van der Waals surface area contributed by atoms with Crippen LogP contribution >= 0.6 is 0 Å². The van der Waals surface area contributed by atoms with Gasteiger partial charge in [-0.3, -0.25) is 4.79 Å². The van der Waals surface area contributed by atoms with Gasteiger partial charge in [0.1, 0.15) is 23.4 Å². The van der Waals surface area contributed by atoms with Gasteiger partial charge >= 0.3 is 0 Å². The van der Waals surface area contributed by atoms with Crippen molar-refractivity contribution in [3.05, 3.63) is 82.3 Å². The Hall–Kier alpha value is -3.10. The third-order valence-corrected chi connectivity index (χ3v) is 7.45. The molecule has 0 amide bonds. The van der Waals surface area contributed by atoms with Crippen molar-refractivity contribution in [2.45, 2.75) is 31.3 Å². The van der Waals surface area contributed by atoms with Crippen LogP contribution in [0.25, 0.3) is 0 Å². The van der Waals surface area contributed by atoms with Gasteiger partial charge in [0.2, 0.25) is 10.0 Å². The van der Waals surface area contributed by atoms with E-state index in [2.05, 4.69) is 0 Å². The summed E-state index contributed by atoms with van der Waals surface area (Å²) in [5.74, 6) is 1.73. The first-order chi connectivity index (χ1) is 15.2. The number of hydrogen-bond donors (Lipinski definition) is 0. The first-order valence-corrected chi connectivity index (χ1v) is 11.9. The van der Waals surface area contributed by atoms with Crippen molar-refractivity contribution in [3.63, 3.8) is 0 Å². The van der Waals surface area contributed by atoms with Crippen molar-refractivity contribution in [2.75, 3.05) is 13.1 Å². The molecular weight excluding hydrogens is 428 g/mol. The fraction of sp³-hybridized carbons (Fsp3) is 0.292. The van der Waals surface area contributed by atoms with E-state index in [9.17, 15) is 13.2 Å². The van der Waals surface area contributed by atoms with Crippen LogP contribution in [0.3, 0.4) is 0 Å². The molecule has 1 aliphatic heterocycles. The van der Waals surface area contributed by atoms with Crippen LogP contribution < -0.4 is 15.0 Å². The van der Waals surface area contributed by atoms with Gasteiger partial charge in [-0.2, -0.15) is 4.31 Å². The molecule has 1 fully saturated rings. The zero-order valence-electron chi connectivity index (χ0n) is 18.3. The molecule has 2 aromatic carbocycles. The summed E-state index contributed by atoms with van der Waals surface area (Å²) < 4.78 is 40.8.